The molecule has 3 aromatic rings. The first kappa shape index (κ1) is 19.2. The highest BCUT2D eigenvalue weighted by molar-refractivity contribution is 7.92. The van der Waals surface area contributed by atoms with Crippen molar-refractivity contribution in [3.8, 4) is 11.3 Å². The number of benzene rings is 1. The molecule has 27 heavy (non-hydrogen) atoms. The lowest BCUT2D eigenvalue weighted by Crippen LogP contribution is -2.26. The summed E-state index contributed by atoms with van der Waals surface area (Å²) < 4.78 is 25.0. The molecular weight excluding hydrogens is 382 g/mol. The van der Waals surface area contributed by atoms with Crippen LogP contribution in [0.2, 0.25) is 0 Å². The van der Waals surface area contributed by atoms with Gasteiger partial charge in [0.1, 0.15) is 5.01 Å². The largest absolute Gasteiger partial charge is 0.345 e. The van der Waals surface area contributed by atoms with Gasteiger partial charge in [-0.15, -0.1) is 11.3 Å². The lowest BCUT2D eigenvalue weighted by atomic mass is 10.2. The van der Waals surface area contributed by atoms with Crippen molar-refractivity contribution < 1.29 is 13.2 Å². The molecular formula is C19H19N3O3S2. The molecule has 0 aliphatic carbocycles. The van der Waals surface area contributed by atoms with E-state index in [0.717, 1.165) is 16.3 Å². The van der Waals surface area contributed by atoms with Crippen LogP contribution in [0.3, 0.4) is 0 Å². The number of aromatic nitrogens is 2. The Hall–Kier alpha value is -2.58. The molecule has 0 spiro atoms. The van der Waals surface area contributed by atoms with Crippen molar-refractivity contribution in [3.63, 3.8) is 0 Å². The van der Waals surface area contributed by atoms with Crippen molar-refractivity contribution in [2.45, 2.75) is 30.5 Å². The Kier molecular flexibility index (Phi) is 5.67. The van der Waals surface area contributed by atoms with Crippen LogP contribution >= 0.6 is 11.3 Å². The molecule has 2 heterocycles. The number of hydrogen-bond acceptors (Lipinski definition) is 6. The van der Waals surface area contributed by atoms with E-state index in [-0.39, 0.29) is 17.0 Å². The Labute approximate surface area is 162 Å². The van der Waals surface area contributed by atoms with E-state index in [1.807, 2.05) is 17.5 Å². The average molecular weight is 402 g/mol. The number of sulfone groups is 1. The van der Waals surface area contributed by atoms with Crippen LogP contribution in [0.4, 0.5) is 0 Å². The molecule has 0 atom stereocenters. The van der Waals surface area contributed by atoms with E-state index in [0.29, 0.717) is 0 Å². The summed E-state index contributed by atoms with van der Waals surface area (Å²) in [5, 5.41) is 4.81. The predicted octanol–water partition coefficient (Wildman–Crippen LogP) is 3.32. The first-order valence-electron chi connectivity index (χ1n) is 8.35. The summed E-state index contributed by atoms with van der Waals surface area (Å²) in [6.07, 6.45) is 3.39. The van der Waals surface area contributed by atoms with Crippen LogP contribution in [0.15, 0.2) is 59.1 Å². The third-order valence-electron chi connectivity index (χ3n) is 3.99. The summed E-state index contributed by atoms with van der Waals surface area (Å²) in [5.41, 5.74) is 1.92. The van der Waals surface area contributed by atoms with Crippen LogP contribution in [0.25, 0.3) is 11.3 Å². The van der Waals surface area contributed by atoms with Gasteiger partial charge in [0.15, 0.2) is 9.84 Å². The van der Waals surface area contributed by atoms with E-state index >= 15 is 0 Å². The zero-order valence-electron chi connectivity index (χ0n) is 14.9. The SMILES string of the molecule is CC(C)S(=O)(=O)c1ccccc1C(=O)NCc1nc(-c2ccncc2)cs1. The Morgan fingerprint density at radius 1 is 1.15 bits per heavy atom. The maximum atomic E-state index is 12.6. The highest BCUT2D eigenvalue weighted by atomic mass is 32.2. The van der Waals surface area contributed by atoms with E-state index in [1.165, 1.54) is 23.5 Å². The first-order valence-corrected chi connectivity index (χ1v) is 10.8. The number of rotatable bonds is 6. The third kappa shape index (κ3) is 4.23. The molecule has 6 nitrogen and oxygen atoms in total. The molecule has 0 unspecified atom stereocenters. The zero-order valence-corrected chi connectivity index (χ0v) is 16.5. The summed E-state index contributed by atoms with van der Waals surface area (Å²) >= 11 is 1.43. The van der Waals surface area contributed by atoms with Crippen molar-refractivity contribution in [3.05, 3.63) is 64.7 Å². The Balaban J connectivity index is 1.75. The van der Waals surface area contributed by atoms with Gasteiger partial charge in [-0.2, -0.15) is 0 Å². The number of carbonyl (C=O) groups excluding carboxylic acids is 1. The van der Waals surface area contributed by atoms with Gasteiger partial charge in [0.2, 0.25) is 0 Å². The number of thiazole rings is 1. The number of carbonyl (C=O) groups is 1. The topological polar surface area (TPSA) is 89.0 Å². The molecule has 1 N–H and O–H groups in total. The van der Waals surface area contributed by atoms with Gasteiger partial charge in [0.25, 0.3) is 5.91 Å². The van der Waals surface area contributed by atoms with Crippen molar-refractivity contribution in [1.29, 1.82) is 0 Å². The van der Waals surface area contributed by atoms with Gasteiger partial charge in [-0.1, -0.05) is 12.1 Å². The third-order valence-corrected chi connectivity index (χ3v) is 7.05. The zero-order chi connectivity index (χ0) is 19.4. The van der Waals surface area contributed by atoms with E-state index in [2.05, 4.69) is 15.3 Å². The minimum atomic E-state index is -3.55. The van der Waals surface area contributed by atoms with Crippen molar-refractivity contribution in [1.82, 2.24) is 15.3 Å². The molecule has 0 radical (unpaired) electrons. The maximum Gasteiger partial charge on any atom is 0.252 e. The number of pyridine rings is 1. The van der Waals surface area contributed by atoms with E-state index < -0.39 is 21.0 Å². The fraction of sp³-hybridized carbons (Fsp3) is 0.211. The van der Waals surface area contributed by atoms with E-state index in [9.17, 15) is 13.2 Å². The summed E-state index contributed by atoms with van der Waals surface area (Å²) in [6.45, 7) is 3.42. The van der Waals surface area contributed by atoms with Crippen LogP contribution in [0, 0.1) is 0 Å². The minimum absolute atomic E-state index is 0.0501. The summed E-state index contributed by atoms with van der Waals surface area (Å²) in [6, 6.07) is 9.99. The molecule has 1 amide bonds. The molecule has 1 aromatic carbocycles. The molecule has 0 bridgehead atoms. The number of amides is 1. The van der Waals surface area contributed by atoms with Crippen LogP contribution in [-0.4, -0.2) is 29.5 Å². The number of nitrogens with one attached hydrogen (secondary N) is 1. The highest BCUT2D eigenvalue weighted by Crippen LogP contribution is 2.22. The lowest BCUT2D eigenvalue weighted by Gasteiger charge is -2.12. The van der Waals surface area contributed by atoms with Crippen molar-refractivity contribution in [2.24, 2.45) is 0 Å². The summed E-state index contributed by atoms with van der Waals surface area (Å²) in [7, 11) is -3.55. The second-order valence-electron chi connectivity index (χ2n) is 6.13. The predicted molar refractivity (Wildman–Crippen MR) is 105 cm³/mol. The smallest absolute Gasteiger partial charge is 0.252 e. The van der Waals surface area contributed by atoms with Gasteiger partial charge in [-0.05, 0) is 38.1 Å². The van der Waals surface area contributed by atoms with E-state index in [4.69, 9.17) is 0 Å². The number of hydrogen-bond donors (Lipinski definition) is 1. The minimum Gasteiger partial charge on any atom is -0.345 e. The first-order chi connectivity index (χ1) is 12.9. The van der Waals surface area contributed by atoms with Gasteiger partial charge in [0, 0.05) is 23.3 Å². The molecule has 0 aliphatic rings. The lowest BCUT2D eigenvalue weighted by molar-refractivity contribution is 0.0947. The fourth-order valence-corrected chi connectivity index (χ4v) is 4.44. The molecule has 8 heteroatoms. The Bertz CT molecular complexity index is 1040. The molecule has 2 aromatic heterocycles. The second-order valence-corrected chi connectivity index (χ2v) is 9.55. The molecule has 0 saturated heterocycles. The summed E-state index contributed by atoms with van der Waals surface area (Å²) in [4.78, 5) is 21.1. The highest BCUT2D eigenvalue weighted by Gasteiger charge is 2.25. The van der Waals surface area contributed by atoms with E-state index in [1.54, 1.807) is 38.4 Å². The standard InChI is InChI=1S/C19H19N3O3S2/c1-13(2)27(24,25)17-6-4-3-5-15(17)19(23)21-11-18-22-16(12-26-18)14-7-9-20-10-8-14/h3-10,12-13H,11H2,1-2H3,(H,21,23). The monoisotopic (exact) mass is 401 g/mol. The van der Waals surface area contributed by atoms with Crippen LogP contribution in [0.5, 0.6) is 0 Å². The molecule has 140 valence electrons. The van der Waals surface area contributed by atoms with Crippen molar-refractivity contribution >= 4 is 27.1 Å². The second kappa shape index (κ2) is 7.98. The van der Waals surface area contributed by atoms with Gasteiger partial charge in [-0.3, -0.25) is 9.78 Å². The number of nitrogens with zero attached hydrogens (tertiary/aromatic N) is 2. The van der Waals surface area contributed by atoms with Gasteiger partial charge < -0.3 is 5.32 Å². The molecule has 0 aliphatic heterocycles. The van der Waals surface area contributed by atoms with Gasteiger partial charge in [0.05, 0.1) is 27.9 Å². The van der Waals surface area contributed by atoms with Crippen molar-refractivity contribution in [2.75, 3.05) is 0 Å². The van der Waals surface area contributed by atoms with Crippen LogP contribution in [0.1, 0.15) is 29.2 Å². The molecule has 0 fully saturated rings. The quantitative estimate of drug-likeness (QED) is 0.684. The normalized spacial score (nSPS) is 11.5. The summed E-state index contributed by atoms with van der Waals surface area (Å²) in [5.74, 6) is -0.435. The average Bonchev–Trinajstić information content (AvgIpc) is 3.16. The fourth-order valence-electron chi connectivity index (χ4n) is 2.45. The maximum absolute atomic E-state index is 12.6. The van der Waals surface area contributed by atoms with Gasteiger partial charge >= 0.3 is 0 Å². The molecule has 3 rings (SSSR count). The Morgan fingerprint density at radius 2 is 1.85 bits per heavy atom. The Morgan fingerprint density at radius 3 is 2.56 bits per heavy atom. The van der Waals surface area contributed by atoms with Crippen LogP contribution < -0.4 is 5.32 Å². The molecule has 0 saturated carbocycles. The van der Waals surface area contributed by atoms with Gasteiger partial charge in [-0.25, -0.2) is 13.4 Å². The van der Waals surface area contributed by atoms with Crippen LogP contribution in [-0.2, 0) is 16.4 Å².